The van der Waals surface area contributed by atoms with Crippen LogP contribution >= 0.6 is 22.9 Å². The Morgan fingerprint density at radius 1 is 1.41 bits per heavy atom. The molecule has 0 aromatic carbocycles. The number of aromatic nitrogens is 1. The van der Waals surface area contributed by atoms with Gasteiger partial charge in [-0.15, -0.1) is 11.3 Å². The summed E-state index contributed by atoms with van der Waals surface area (Å²) in [7, 11) is 2.01. The smallest absolute Gasteiger partial charge is 0.133 e. The Labute approximate surface area is 110 Å². The zero-order valence-electron chi connectivity index (χ0n) is 9.56. The summed E-state index contributed by atoms with van der Waals surface area (Å²) in [6, 6.07) is 7.86. The molecular weight excluding hydrogens is 254 g/mol. The van der Waals surface area contributed by atoms with Crippen LogP contribution < -0.4 is 10.6 Å². The predicted molar refractivity (Wildman–Crippen MR) is 73.6 cm³/mol. The highest BCUT2D eigenvalue weighted by atomic mass is 35.5. The first-order valence-electron chi connectivity index (χ1n) is 5.30. The lowest BCUT2D eigenvalue weighted by molar-refractivity contribution is 0.888. The van der Waals surface area contributed by atoms with E-state index in [0.29, 0.717) is 6.54 Å². The average Bonchev–Trinajstić information content (AvgIpc) is 2.74. The Balaban J connectivity index is 2.16. The van der Waals surface area contributed by atoms with Crippen LogP contribution in [-0.4, -0.2) is 12.0 Å². The molecule has 0 aliphatic heterocycles. The number of rotatable bonds is 4. The molecule has 0 saturated heterocycles. The predicted octanol–water partition coefficient (Wildman–Crippen LogP) is 2.89. The van der Waals surface area contributed by atoms with Gasteiger partial charge in [0.2, 0.25) is 0 Å². The van der Waals surface area contributed by atoms with Gasteiger partial charge in [0.1, 0.15) is 5.82 Å². The molecule has 2 rings (SSSR count). The molecule has 2 N–H and O–H groups in total. The normalized spacial score (nSPS) is 10.5. The second kappa shape index (κ2) is 5.49. The number of hydrogen-bond acceptors (Lipinski definition) is 4. The summed E-state index contributed by atoms with van der Waals surface area (Å²) in [5, 5.41) is 0. The van der Waals surface area contributed by atoms with E-state index in [1.54, 1.807) is 17.5 Å². The van der Waals surface area contributed by atoms with Crippen molar-refractivity contribution >= 4 is 28.8 Å². The van der Waals surface area contributed by atoms with Crippen LogP contribution in [-0.2, 0) is 13.1 Å². The Bertz CT molecular complexity index is 498. The third kappa shape index (κ3) is 2.97. The molecule has 0 aliphatic carbocycles. The van der Waals surface area contributed by atoms with Gasteiger partial charge in [0.05, 0.1) is 10.9 Å². The second-order valence-electron chi connectivity index (χ2n) is 3.75. The minimum absolute atomic E-state index is 0.499. The molecule has 90 valence electrons. The largest absolute Gasteiger partial charge is 0.354 e. The van der Waals surface area contributed by atoms with E-state index in [9.17, 15) is 0 Å². The molecule has 0 spiro atoms. The fourth-order valence-electron chi connectivity index (χ4n) is 1.68. The number of nitrogens with two attached hydrogens (primary N) is 1. The molecule has 2 aromatic rings. The Morgan fingerprint density at radius 3 is 2.88 bits per heavy atom. The van der Waals surface area contributed by atoms with Crippen molar-refractivity contribution in [2.45, 2.75) is 13.1 Å². The van der Waals surface area contributed by atoms with E-state index < -0.39 is 0 Å². The van der Waals surface area contributed by atoms with E-state index in [4.69, 9.17) is 17.3 Å². The summed E-state index contributed by atoms with van der Waals surface area (Å²) in [5.74, 6) is 0.930. The van der Waals surface area contributed by atoms with Crippen molar-refractivity contribution in [2.75, 3.05) is 11.9 Å². The number of pyridine rings is 1. The molecule has 17 heavy (non-hydrogen) atoms. The maximum Gasteiger partial charge on any atom is 0.133 e. The number of hydrogen-bond donors (Lipinski definition) is 1. The van der Waals surface area contributed by atoms with Gasteiger partial charge in [0.15, 0.2) is 0 Å². The molecular formula is C12H14ClN3S. The molecule has 2 aromatic heterocycles. The Morgan fingerprint density at radius 2 is 2.24 bits per heavy atom. The Kier molecular flexibility index (Phi) is 3.99. The van der Waals surface area contributed by atoms with E-state index in [1.807, 2.05) is 31.3 Å². The first-order valence-corrected chi connectivity index (χ1v) is 6.49. The van der Waals surface area contributed by atoms with E-state index >= 15 is 0 Å². The van der Waals surface area contributed by atoms with Crippen LogP contribution in [0.4, 0.5) is 5.82 Å². The van der Waals surface area contributed by atoms with Crippen molar-refractivity contribution < 1.29 is 0 Å². The number of halogens is 1. The molecule has 0 radical (unpaired) electrons. The number of thiophene rings is 1. The monoisotopic (exact) mass is 267 g/mol. The van der Waals surface area contributed by atoms with Crippen molar-refractivity contribution in [1.82, 2.24) is 4.98 Å². The fraction of sp³-hybridized carbons (Fsp3) is 0.250. The quantitative estimate of drug-likeness (QED) is 0.926. The van der Waals surface area contributed by atoms with Gasteiger partial charge in [0.25, 0.3) is 0 Å². The fourth-order valence-corrected chi connectivity index (χ4v) is 2.82. The topological polar surface area (TPSA) is 42.2 Å². The summed E-state index contributed by atoms with van der Waals surface area (Å²) < 4.78 is 0.813. The standard InChI is InChI=1S/C12H14ClN3S/c1-16(8-10-4-5-11(13)17-10)12-9(7-14)3-2-6-15-12/h2-6H,7-8,14H2,1H3. The highest BCUT2D eigenvalue weighted by Crippen LogP contribution is 2.24. The number of anilines is 1. The first kappa shape index (κ1) is 12.4. The average molecular weight is 268 g/mol. The van der Waals surface area contributed by atoms with Gasteiger partial charge in [-0.25, -0.2) is 4.98 Å². The summed E-state index contributed by atoms with van der Waals surface area (Å²) in [6.45, 7) is 1.29. The summed E-state index contributed by atoms with van der Waals surface area (Å²) in [5.41, 5.74) is 6.75. The van der Waals surface area contributed by atoms with Gasteiger partial charge in [-0.05, 0) is 18.2 Å². The van der Waals surface area contributed by atoms with Crippen molar-refractivity contribution in [3.8, 4) is 0 Å². The summed E-state index contributed by atoms with van der Waals surface area (Å²) >= 11 is 7.50. The molecule has 0 fully saturated rings. The highest BCUT2D eigenvalue weighted by molar-refractivity contribution is 7.16. The third-order valence-electron chi connectivity index (χ3n) is 2.47. The van der Waals surface area contributed by atoms with E-state index in [0.717, 1.165) is 22.3 Å². The van der Waals surface area contributed by atoms with Gasteiger partial charge in [-0.1, -0.05) is 17.7 Å². The molecule has 0 amide bonds. The number of nitrogens with zero attached hydrogens (tertiary/aromatic N) is 2. The second-order valence-corrected chi connectivity index (χ2v) is 5.55. The molecule has 5 heteroatoms. The Hall–Kier alpha value is -1.10. The maximum atomic E-state index is 5.91. The van der Waals surface area contributed by atoms with E-state index in [2.05, 4.69) is 9.88 Å². The first-order chi connectivity index (χ1) is 8.20. The van der Waals surface area contributed by atoms with Crippen LogP contribution in [0.25, 0.3) is 0 Å². The van der Waals surface area contributed by atoms with Crippen LogP contribution in [0.2, 0.25) is 4.34 Å². The molecule has 3 nitrogen and oxygen atoms in total. The van der Waals surface area contributed by atoms with Crippen molar-refractivity contribution in [3.05, 3.63) is 45.2 Å². The summed E-state index contributed by atoms with van der Waals surface area (Å²) in [6.07, 6.45) is 1.78. The van der Waals surface area contributed by atoms with Crippen molar-refractivity contribution in [3.63, 3.8) is 0 Å². The van der Waals surface area contributed by atoms with Crippen LogP contribution in [0.15, 0.2) is 30.5 Å². The molecule has 0 saturated carbocycles. The van der Waals surface area contributed by atoms with Gasteiger partial charge < -0.3 is 10.6 Å². The lowest BCUT2D eigenvalue weighted by Crippen LogP contribution is -2.19. The van der Waals surface area contributed by atoms with Gasteiger partial charge in [-0.2, -0.15) is 0 Å². The van der Waals surface area contributed by atoms with Crippen LogP contribution in [0.3, 0.4) is 0 Å². The maximum absolute atomic E-state index is 5.91. The molecule has 0 aliphatic rings. The summed E-state index contributed by atoms with van der Waals surface area (Å²) in [4.78, 5) is 7.67. The van der Waals surface area contributed by atoms with Crippen molar-refractivity contribution in [2.24, 2.45) is 5.73 Å². The highest BCUT2D eigenvalue weighted by Gasteiger charge is 2.09. The molecule has 0 bridgehead atoms. The van der Waals surface area contributed by atoms with Crippen molar-refractivity contribution in [1.29, 1.82) is 0 Å². The molecule has 2 heterocycles. The van der Waals surface area contributed by atoms with Crippen LogP contribution in [0, 0.1) is 0 Å². The van der Waals surface area contributed by atoms with Crippen LogP contribution in [0.5, 0.6) is 0 Å². The SMILES string of the molecule is CN(Cc1ccc(Cl)s1)c1ncccc1CN. The lowest BCUT2D eigenvalue weighted by atomic mass is 10.2. The van der Waals surface area contributed by atoms with E-state index in [1.165, 1.54) is 4.88 Å². The lowest BCUT2D eigenvalue weighted by Gasteiger charge is -2.19. The molecule has 0 atom stereocenters. The minimum Gasteiger partial charge on any atom is -0.354 e. The third-order valence-corrected chi connectivity index (χ3v) is 3.69. The van der Waals surface area contributed by atoms with Gasteiger partial charge in [-0.3, -0.25) is 0 Å². The molecule has 0 unspecified atom stereocenters. The van der Waals surface area contributed by atoms with E-state index in [-0.39, 0.29) is 0 Å². The zero-order chi connectivity index (χ0) is 12.3. The van der Waals surface area contributed by atoms with Gasteiger partial charge >= 0.3 is 0 Å². The zero-order valence-corrected chi connectivity index (χ0v) is 11.1. The van der Waals surface area contributed by atoms with Crippen LogP contribution in [0.1, 0.15) is 10.4 Å². The minimum atomic E-state index is 0.499. The van der Waals surface area contributed by atoms with Gasteiger partial charge in [0, 0.05) is 30.2 Å².